The first kappa shape index (κ1) is 37.7. The number of halogens is 1. The first-order chi connectivity index (χ1) is 23.3. The molecule has 49 heavy (non-hydrogen) atoms. The Kier molecular flexibility index (Phi) is 12.2. The molecule has 5 rings (SSSR count). The number of hydrogen-bond donors (Lipinski definition) is 4. The number of aliphatic hydroxyl groups excluding tert-OH is 1. The monoisotopic (exact) mass is 745 g/mol. The summed E-state index contributed by atoms with van der Waals surface area (Å²) in [6.07, 6.45) is -2.07. The molecule has 2 fully saturated rings. The summed E-state index contributed by atoms with van der Waals surface area (Å²) in [5.41, 5.74) is 7.66. The van der Waals surface area contributed by atoms with Crippen molar-refractivity contribution in [2.75, 3.05) is 38.6 Å². The molecule has 1 saturated heterocycles. The van der Waals surface area contributed by atoms with Gasteiger partial charge in [-0.3, -0.25) is 13.8 Å². The number of phosphoric ester groups is 1. The van der Waals surface area contributed by atoms with Crippen LogP contribution < -0.4 is 10.8 Å². The number of nitrogens with two attached hydrogens (primary N) is 1. The zero-order chi connectivity index (χ0) is 35.5. The van der Waals surface area contributed by atoms with Crippen LogP contribution in [0, 0.1) is 5.92 Å². The summed E-state index contributed by atoms with van der Waals surface area (Å²) in [6, 6.07) is 7.31. The largest absolute Gasteiger partial charge is 0.480 e. The maximum Gasteiger partial charge on any atom is 0.480 e. The van der Waals surface area contributed by atoms with Gasteiger partial charge in [0.2, 0.25) is 5.28 Å². The third kappa shape index (κ3) is 8.86. The molecule has 1 aliphatic heterocycles. The molecule has 5 N–H and O–H groups in total. The Hall–Kier alpha value is -2.53. The van der Waals surface area contributed by atoms with Crippen LogP contribution >= 0.6 is 27.2 Å². The minimum atomic E-state index is -5.08. The molecular formula is C29H42ClN7O10P2. The van der Waals surface area contributed by atoms with Crippen LogP contribution in [0.25, 0.3) is 11.2 Å². The van der Waals surface area contributed by atoms with Crippen molar-refractivity contribution in [1.82, 2.24) is 29.5 Å². The van der Waals surface area contributed by atoms with Gasteiger partial charge in [-0.25, -0.2) is 19.2 Å². The number of carbonyl (C=O) groups is 1. The van der Waals surface area contributed by atoms with Crippen LogP contribution in [0.3, 0.4) is 0 Å². The van der Waals surface area contributed by atoms with Gasteiger partial charge >= 0.3 is 21.5 Å². The van der Waals surface area contributed by atoms with E-state index in [2.05, 4.69) is 33.8 Å². The highest BCUT2D eigenvalue weighted by molar-refractivity contribution is 7.63. The van der Waals surface area contributed by atoms with E-state index < -0.39 is 58.4 Å². The van der Waals surface area contributed by atoms with E-state index in [1.54, 1.807) is 24.3 Å². The Labute approximate surface area is 288 Å². The molecule has 4 unspecified atom stereocenters. The normalized spacial score (nSPS) is 24.8. The van der Waals surface area contributed by atoms with E-state index in [-0.39, 0.29) is 30.4 Å². The fraction of sp³-hybridized carbons (Fsp3) is 0.586. The number of phosphoric acid groups is 1. The van der Waals surface area contributed by atoms with Crippen LogP contribution in [-0.2, 0) is 49.8 Å². The van der Waals surface area contributed by atoms with E-state index in [0.717, 1.165) is 25.2 Å². The van der Waals surface area contributed by atoms with Crippen molar-refractivity contribution >= 4 is 50.1 Å². The Morgan fingerprint density at radius 3 is 2.51 bits per heavy atom. The van der Waals surface area contributed by atoms with E-state index in [9.17, 15) is 23.9 Å². The Morgan fingerprint density at radius 2 is 1.88 bits per heavy atom. The van der Waals surface area contributed by atoms with Crippen molar-refractivity contribution in [1.29, 1.82) is 0 Å². The smallest absolute Gasteiger partial charge is 0.460 e. The molecular weight excluding hydrogens is 704 g/mol. The molecule has 2 aromatic heterocycles. The average Bonchev–Trinajstić information content (AvgIpc) is 3.47. The molecule has 3 heterocycles. The number of ether oxygens (including phenoxy) is 2. The number of nitrogen functional groups attached to an aromatic ring is 1. The maximum atomic E-state index is 13.3. The molecule has 20 heteroatoms. The predicted octanol–water partition coefficient (Wildman–Crippen LogP) is 3.25. The number of aromatic nitrogens is 4. The summed E-state index contributed by atoms with van der Waals surface area (Å²) >= 11 is 6.14. The lowest BCUT2D eigenvalue weighted by Gasteiger charge is -2.25. The number of anilines is 1. The Morgan fingerprint density at radius 1 is 1.16 bits per heavy atom. The number of aliphatic hydroxyl groups is 1. The maximum absolute atomic E-state index is 13.3. The number of imidazole rings is 1. The molecule has 1 aromatic carbocycles. The number of fused-ring (bicyclic) bond motifs is 2. The van der Waals surface area contributed by atoms with Gasteiger partial charge in [0, 0.05) is 18.9 Å². The second-order valence-electron chi connectivity index (χ2n) is 11.6. The van der Waals surface area contributed by atoms with E-state index in [4.69, 9.17) is 45.2 Å². The summed E-state index contributed by atoms with van der Waals surface area (Å²) in [6.45, 7) is 8.60. The van der Waals surface area contributed by atoms with Gasteiger partial charge in [-0.2, -0.15) is 14.3 Å². The number of nitrogens with zero attached hydrogens (tertiary/aromatic N) is 5. The van der Waals surface area contributed by atoms with Crippen molar-refractivity contribution in [3.8, 4) is 0 Å². The van der Waals surface area contributed by atoms with Crippen molar-refractivity contribution < 1.29 is 46.8 Å². The Bertz CT molecular complexity index is 1720. The third-order valence-corrected chi connectivity index (χ3v) is 12.0. The number of hydrogen-bond acceptors (Lipinski definition) is 14. The number of nitrogens with one attached hydrogen (secondary N) is 1. The van der Waals surface area contributed by atoms with Crippen LogP contribution in [0.15, 0.2) is 30.3 Å². The van der Waals surface area contributed by atoms with Gasteiger partial charge in [-0.15, -0.1) is 0 Å². The first-order valence-corrected chi connectivity index (χ1v) is 19.4. The molecule has 0 amide bonds. The molecule has 1 aliphatic carbocycles. The third-order valence-electron chi connectivity index (χ3n) is 8.37. The SMILES string of the molecule is CCOP(=O)(N[C@@H](C)C(=O)OCc1ccccc1)OP(=O)(O)OC[C@H]1OC2C([C@@H]2n2c(CCN(CC)CC)nc3c(N)nc(Cl)nc32)[C@H]1O. The molecule has 1 saturated carbocycles. The highest BCUT2D eigenvalue weighted by atomic mass is 35.5. The minimum Gasteiger partial charge on any atom is -0.460 e. The van der Waals surface area contributed by atoms with E-state index in [0.29, 0.717) is 23.4 Å². The van der Waals surface area contributed by atoms with Gasteiger partial charge in [0.1, 0.15) is 24.6 Å². The van der Waals surface area contributed by atoms with E-state index >= 15 is 0 Å². The molecule has 17 nitrogen and oxygen atoms in total. The number of carbonyl (C=O) groups excluding carboxylic acids is 1. The van der Waals surface area contributed by atoms with Crippen LogP contribution in [0.1, 0.15) is 45.1 Å². The lowest BCUT2D eigenvalue weighted by Crippen LogP contribution is -2.34. The lowest BCUT2D eigenvalue weighted by molar-refractivity contribution is -0.146. The predicted molar refractivity (Wildman–Crippen MR) is 178 cm³/mol. The zero-order valence-electron chi connectivity index (χ0n) is 27.5. The first-order valence-electron chi connectivity index (χ1n) is 16.0. The van der Waals surface area contributed by atoms with Gasteiger partial charge in [-0.05, 0) is 44.1 Å². The number of rotatable bonds is 18. The lowest BCUT2D eigenvalue weighted by atomic mass is 10.1. The number of benzene rings is 1. The zero-order valence-corrected chi connectivity index (χ0v) is 30.1. The number of esters is 1. The molecule has 270 valence electrons. The van der Waals surface area contributed by atoms with Gasteiger partial charge < -0.3 is 34.7 Å². The highest BCUT2D eigenvalue weighted by Gasteiger charge is 2.65. The fourth-order valence-electron chi connectivity index (χ4n) is 5.87. The Balaban J connectivity index is 1.20. The quantitative estimate of drug-likeness (QED) is 0.0833. The van der Waals surface area contributed by atoms with E-state index in [1.807, 2.05) is 10.6 Å². The molecule has 2 aliphatic rings. The van der Waals surface area contributed by atoms with Gasteiger partial charge in [0.25, 0.3) is 0 Å². The molecule has 0 bridgehead atoms. The van der Waals surface area contributed by atoms with Crippen molar-refractivity contribution in [2.24, 2.45) is 5.92 Å². The van der Waals surface area contributed by atoms with Crippen molar-refractivity contribution in [3.05, 3.63) is 47.0 Å². The van der Waals surface area contributed by atoms with Crippen LogP contribution in [0.2, 0.25) is 5.28 Å². The second kappa shape index (κ2) is 15.8. The average molecular weight is 746 g/mol. The van der Waals surface area contributed by atoms with Crippen LogP contribution in [0.4, 0.5) is 5.82 Å². The van der Waals surface area contributed by atoms with Crippen molar-refractivity contribution in [3.63, 3.8) is 0 Å². The van der Waals surface area contributed by atoms with Gasteiger partial charge in [-0.1, -0.05) is 44.2 Å². The van der Waals surface area contributed by atoms with E-state index in [1.165, 1.54) is 13.8 Å². The van der Waals surface area contributed by atoms with Crippen LogP contribution in [0.5, 0.6) is 0 Å². The topological polar surface area (TPSA) is 223 Å². The van der Waals surface area contributed by atoms with Crippen molar-refractivity contribution in [2.45, 2.75) is 71.1 Å². The van der Waals surface area contributed by atoms with Crippen LogP contribution in [-0.4, -0.2) is 97.6 Å². The second-order valence-corrected chi connectivity index (χ2v) is 15.3. The van der Waals surface area contributed by atoms with Gasteiger partial charge in [0.15, 0.2) is 17.0 Å². The highest BCUT2D eigenvalue weighted by Crippen LogP contribution is 2.62. The van der Waals surface area contributed by atoms with Gasteiger partial charge in [0.05, 0.1) is 31.5 Å². The molecule has 8 atom stereocenters. The summed E-state index contributed by atoms with van der Waals surface area (Å²) in [5.74, 6) is -0.409. The fourth-order valence-corrected chi connectivity index (χ4v) is 9.02. The molecule has 3 aromatic rings. The number of likely N-dealkylation sites (N-methyl/N-ethyl adjacent to an activating group) is 1. The molecule has 0 spiro atoms. The summed E-state index contributed by atoms with van der Waals surface area (Å²) < 4.78 is 54.5. The molecule has 0 radical (unpaired) electrons. The standard InChI is InChI=1S/C29H42ClN7O10P2/c1-5-36(6-2)14-13-20-32-22-26(31)33-29(30)34-27(22)37(20)23-21-24(38)19(46-25(21)23)16-45-49(41,42)47-48(40,44-7-3)35-17(4)28(39)43-15-18-11-9-8-10-12-18/h8-12,17,19,21,23-25,38H,5-7,13-16H2,1-4H3,(H,35,40)(H,41,42)(H2,31,33,34)/t17-,19+,21?,23-,24-,25?,48?/m0/s1. The minimum absolute atomic E-state index is 0.0378. The summed E-state index contributed by atoms with van der Waals surface area (Å²) in [7, 11) is -9.64. The summed E-state index contributed by atoms with van der Waals surface area (Å²) in [5, 5.41) is 13.4. The summed E-state index contributed by atoms with van der Waals surface area (Å²) in [4.78, 5) is 38.3.